The average Bonchev–Trinajstić information content (AvgIpc) is 3.29. The number of nitrogens with one attached hydrogen (secondary N) is 2. The molecule has 142 valence electrons. The lowest BCUT2D eigenvalue weighted by molar-refractivity contribution is -0.134. The van der Waals surface area contributed by atoms with Gasteiger partial charge in [-0.25, -0.2) is 4.79 Å². The molecule has 1 aliphatic heterocycles. The Morgan fingerprint density at radius 2 is 1.89 bits per heavy atom. The van der Waals surface area contributed by atoms with E-state index in [9.17, 15) is 14.4 Å². The van der Waals surface area contributed by atoms with Crippen LogP contribution in [0.25, 0.3) is 10.8 Å². The maximum absolute atomic E-state index is 13.1. The SMILES string of the molecule is C[C@@]1(c2cccc3ccccc23)NC(=O)N(CC(=O)NCc2cccs2)C1=O. The first-order valence-electron chi connectivity index (χ1n) is 8.90. The van der Waals surface area contributed by atoms with Crippen LogP contribution in [0, 0.1) is 0 Å². The van der Waals surface area contributed by atoms with Gasteiger partial charge in [-0.2, -0.15) is 0 Å². The summed E-state index contributed by atoms with van der Waals surface area (Å²) in [7, 11) is 0. The fraction of sp³-hybridized carbons (Fsp3) is 0.190. The van der Waals surface area contributed by atoms with E-state index in [4.69, 9.17) is 0 Å². The predicted molar refractivity (Wildman–Crippen MR) is 108 cm³/mol. The third-order valence-corrected chi connectivity index (χ3v) is 5.82. The number of benzene rings is 2. The van der Waals surface area contributed by atoms with E-state index in [-0.39, 0.29) is 12.5 Å². The zero-order chi connectivity index (χ0) is 19.7. The summed E-state index contributed by atoms with van der Waals surface area (Å²) in [5.41, 5.74) is -0.503. The number of nitrogens with zero attached hydrogens (tertiary/aromatic N) is 1. The number of carbonyl (C=O) groups excluding carboxylic acids is 3. The standard InChI is InChI=1S/C21H19N3O3S/c1-21(17-10-4-7-14-6-2-3-9-16(14)17)19(26)24(20(27)23-21)13-18(25)22-12-15-8-5-11-28-15/h2-11H,12-13H2,1H3,(H,22,25)(H,23,27)/t21-/m0/s1. The molecule has 3 aromatic rings. The molecule has 1 saturated heterocycles. The van der Waals surface area contributed by atoms with Crippen molar-refractivity contribution in [2.45, 2.75) is 19.0 Å². The quantitative estimate of drug-likeness (QED) is 0.654. The van der Waals surface area contributed by atoms with Gasteiger partial charge in [0.1, 0.15) is 12.1 Å². The van der Waals surface area contributed by atoms with Gasteiger partial charge in [0.15, 0.2) is 0 Å². The monoisotopic (exact) mass is 393 g/mol. The summed E-state index contributed by atoms with van der Waals surface area (Å²) in [6, 6.07) is 16.6. The van der Waals surface area contributed by atoms with Crippen LogP contribution in [0.3, 0.4) is 0 Å². The van der Waals surface area contributed by atoms with Crippen LogP contribution >= 0.6 is 11.3 Å². The fourth-order valence-corrected chi connectivity index (χ4v) is 4.13. The molecule has 6 nitrogen and oxygen atoms in total. The van der Waals surface area contributed by atoms with Crippen molar-refractivity contribution in [2.75, 3.05) is 6.54 Å². The van der Waals surface area contributed by atoms with Gasteiger partial charge in [-0.05, 0) is 34.7 Å². The minimum absolute atomic E-state index is 0.309. The van der Waals surface area contributed by atoms with Crippen molar-refractivity contribution in [3.05, 3.63) is 70.4 Å². The van der Waals surface area contributed by atoms with Gasteiger partial charge in [0.2, 0.25) is 5.91 Å². The number of urea groups is 1. The Hall–Kier alpha value is -3.19. The van der Waals surface area contributed by atoms with E-state index in [0.717, 1.165) is 20.5 Å². The molecule has 2 heterocycles. The smallest absolute Gasteiger partial charge is 0.325 e. The highest BCUT2D eigenvalue weighted by molar-refractivity contribution is 7.09. The van der Waals surface area contributed by atoms with Crippen LogP contribution in [-0.2, 0) is 21.7 Å². The molecule has 1 aliphatic rings. The molecule has 4 amide bonds. The van der Waals surface area contributed by atoms with Gasteiger partial charge in [-0.1, -0.05) is 48.5 Å². The van der Waals surface area contributed by atoms with Crippen molar-refractivity contribution in [1.82, 2.24) is 15.5 Å². The molecule has 0 unspecified atom stereocenters. The van der Waals surface area contributed by atoms with Crippen molar-refractivity contribution >= 4 is 40.0 Å². The van der Waals surface area contributed by atoms with Crippen molar-refractivity contribution in [1.29, 1.82) is 0 Å². The summed E-state index contributed by atoms with van der Waals surface area (Å²) in [6.45, 7) is 1.75. The Labute approximate surface area is 166 Å². The molecular formula is C21H19N3O3S. The lowest BCUT2D eigenvalue weighted by Crippen LogP contribution is -2.43. The van der Waals surface area contributed by atoms with Gasteiger partial charge in [-0.3, -0.25) is 14.5 Å². The summed E-state index contributed by atoms with van der Waals surface area (Å²) in [5, 5.41) is 9.32. The molecule has 2 N–H and O–H groups in total. The van der Waals surface area contributed by atoms with Gasteiger partial charge in [0, 0.05) is 4.88 Å². The van der Waals surface area contributed by atoms with Crippen molar-refractivity contribution in [3.8, 4) is 0 Å². The van der Waals surface area contributed by atoms with Gasteiger partial charge >= 0.3 is 6.03 Å². The Morgan fingerprint density at radius 1 is 1.11 bits per heavy atom. The number of carbonyl (C=O) groups is 3. The molecule has 0 spiro atoms. The second-order valence-electron chi connectivity index (χ2n) is 6.83. The summed E-state index contributed by atoms with van der Waals surface area (Å²) >= 11 is 1.53. The second-order valence-corrected chi connectivity index (χ2v) is 7.86. The van der Waals surface area contributed by atoms with E-state index in [1.165, 1.54) is 11.3 Å². The Morgan fingerprint density at radius 3 is 2.68 bits per heavy atom. The van der Waals surface area contributed by atoms with Gasteiger partial charge in [-0.15, -0.1) is 11.3 Å². The lowest BCUT2D eigenvalue weighted by atomic mass is 9.88. The van der Waals surface area contributed by atoms with Crippen molar-refractivity contribution < 1.29 is 14.4 Å². The van der Waals surface area contributed by atoms with E-state index >= 15 is 0 Å². The predicted octanol–water partition coefficient (Wildman–Crippen LogP) is 2.98. The van der Waals surface area contributed by atoms with Crippen LogP contribution in [-0.4, -0.2) is 29.3 Å². The molecule has 7 heteroatoms. The number of amides is 4. The fourth-order valence-electron chi connectivity index (χ4n) is 3.48. The molecule has 1 atom stereocenters. The van der Waals surface area contributed by atoms with Crippen LogP contribution < -0.4 is 10.6 Å². The molecule has 1 fully saturated rings. The van der Waals surface area contributed by atoms with Crippen LogP contribution in [0.1, 0.15) is 17.4 Å². The number of hydrogen-bond acceptors (Lipinski definition) is 4. The molecule has 0 radical (unpaired) electrons. The molecule has 1 aromatic heterocycles. The second kappa shape index (κ2) is 7.09. The first-order chi connectivity index (χ1) is 13.5. The van der Waals surface area contributed by atoms with E-state index < -0.39 is 17.5 Å². The number of rotatable bonds is 5. The summed E-state index contributed by atoms with van der Waals surface area (Å²) < 4.78 is 0. The molecule has 28 heavy (non-hydrogen) atoms. The average molecular weight is 393 g/mol. The normalized spacial score (nSPS) is 19.1. The molecule has 0 bridgehead atoms. The zero-order valence-electron chi connectivity index (χ0n) is 15.3. The molecule has 0 saturated carbocycles. The van der Waals surface area contributed by atoms with Crippen LogP contribution in [0.5, 0.6) is 0 Å². The highest BCUT2D eigenvalue weighted by Gasteiger charge is 2.50. The summed E-state index contributed by atoms with van der Waals surface area (Å²) in [6.07, 6.45) is 0. The van der Waals surface area contributed by atoms with E-state index in [2.05, 4.69) is 10.6 Å². The highest BCUT2D eigenvalue weighted by Crippen LogP contribution is 2.33. The topological polar surface area (TPSA) is 78.5 Å². The third-order valence-electron chi connectivity index (χ3n) is 4.94. The summed E-state index contributed by atoms with van der Waals surface area (Å²) in [4.78, 5) is 39.9. The lowest BCUT2D eigenvalue weighted by Gasteiger charge is -2.24. The maximum Gasteiger partial charge on any atom is 0.325 e. The van der Waals surface area contributed by atoms with Gasteiger partial charge < -0.3 is 10.6 Å². The largest absolute Gasteiger partial charge is 0.350 e. The van der Waals surface area contributed by atoms with Crippen LogP contribution in [0.2, 0.25) is 0 Å². The first kappa shape index (κ1) is 18.2. The summed E-state index contributed by atoms with van der Waals surface area (Å²) in [5.74, 6) is -0.806. The molecule has 4 rings (SSSR count). The highest BCUT2D eigenvalue weighted by atomic mass is 32.1. The van der Waals surface area contributed by atoms with Crippen LogP contribution in [0.15, 0.2) is 60.0 Å². The maximum atomic E-state index is 13.1. The number of hydrogen-bond donors (Lipinski definition) is 2. The Kier molecular flexibility index (Phi) is 4.60. The molecule has 2 aromatic carbocycles. The Balaban J connectivity index is 1.55. The third kappa shape index (κ3) is 3.14. The first-order valence-corrected chi connectivity index (χ1v) is 9.78. The number of imide groups is 1. The van der Waals surface area contributed by atoms with E-state index in [1.807, 2.05) is 60.0 Å². The van der Waals surface area contributed by atoms with Crippen molar-refractivity contribution in [3.63, 3.8) is 0 Å². The molecule has 0 aliphatic carbocycles. The van der Waals surface area contributed by atoms with Crippen LogP contribution in [0.4, 0.5) is 4.79 Å². The number of thiophene rings is 1. The minimum atomic E-state index is -1.22. The zero-order valence-corrected chi connectivity index (χ0v) is 16.1. The van der Waals surface area contributed by atoms with E-state index in [0.29, 0.717) is 12.1 Å². The molecular weight excluding hydrogens is 374 g/mol. The van der Waals surface area contributed by atoms with Gasteiger partial charge in [0.25, 0.3) is 5.91 Å². The Bertz CT molecular complexity index is 1060. The van der Waals surface area contributed by atoms with Gasteiger partial charge in [0.05, 0.1) is 6.54 Å². The number of fused-ring (bicyclic) bond motifs is 1. The minimum Gasteiger partial charge on any atom is -0.350 e. The van der Waals surface area contributed by atoms with Crippen molar-refractivity contribution in [2.24, 2.45) is 0 Å². The van der Waals surface area contributed by atoms with E-state index in [1.54, 1.807) is 6.92 Å².